The number of hydrogen-bond acceptors (Lipinski definition) is 4. The molecule has 6 heteroatoms. The summed E-state index contributed by atoms with van der Waals surface area (Å²) in [5.41, 5.74) is 0.283. The van der Waals surface area contributed by atoms with Crippen LogP contribution < -0.4 is 0 Å². The summed E-state index contributed by atoms with van der Waals surface area (Å²) < 4.78 is 22.5. The first-order valence-corrected chi connectivity index (χ1v) is 6.39. The number of sulfone groups is 1. The minimum atomic E-state index is -3.35. The van der Waals surface area contributed by atoms with Crippen molar-refractivity contribution in [1.82, 2.24) is 0 Å². The monoisotopic (exact) mass is 244 g/mol. The quantitative estimate of drug-likeness (QED) is 0.809. The normalized spacial score (nSPS) is 13.4. The molecule has 0 aromatic heterocycles. The maximum absolute atomic E-state index is 11.2. The van der Waals surface area contributed by atoms with Gasteiger partial charge in [0.05, 0.1) is 17.4 Å². The fraction of sp³-hybridized carbons (Fsp3) is 0.300. The van der Waals surface area contributed by atoms with Crippen LogP contribution in [-0.2, 0) is 14.6 Å². The van der Waals surface area contributed by atoms with Crippen molar-refractivity contribution in [1.29, 1.82) is 0 Å². The van der Waals surface area contributed by atoms with E-state index in [2.05, 4.69) is 0 Å². The highest BCUT2D eigenvalue weighted by Crippen LogP contribution is 2.20. The van der Waals surface area contributed by atoms with Crippen molar-refractivity contribution in [3.05, 3.63) is 29.8 Å². The molecule has 1 atom stereocenters. The molecule has 0 amide bonds. The number of carboxylic acids is 1. The Bertz CT molecular complexity index is 492. The van der Waals surface area contributed by atoms with Gasteiger partial charge in [0.25, 0.3) is 0 Å². The van der Waals surface area contributed by atoms with E-state index in [1.54, 1.807) is 0 Å². The Hall–Kier alpha value is -1.40. The van der Waals surface area contributed by atoms with E-state index >= 15 is 0 Å². The molecule has 0 saturated heterocycles. The summed E-state index contributed by atoms with van der Waals surface area (Å²) in [7, 11) is -3.35. The van der Waals surface area contributed by atoms with Gasteiger partial charge in [-0.25, -0.2) is 8.42 Å². The van der Waals surface area contributed by atoms with Crippen LogP contribution in [0, 0.1) is 0 Å². The van der Waals surface area contributed by atoms with Crippen LogP contribution in [0.25, 0.3) is 0 Å². The molecule has 0 aliphatic carbocycles. The Balaban J connectivity index is 3.04. The van der Waals surface area contributed by atoms with Gasteiger partial charge in [-0.15, -0.1) is 0 Å². The summed E-state index contributed by atoms with van der Waals surface area (Å²) in [5.74, 6) is -1.14. The number of aliphatic carboxylic acids is 1. The fourth-order valence-corrected chi connectivity index (χ4v) is 1.91. The van der Waals surface area contributed by atoms with E-state index in [9.17, 15) is 18.3 Å². The van der Waals surface area contributed by atoms with Crippen LogP contribution in [0.15, 0.2) is 29.2 Å². The maximum Gasteiger partial charge on any atom is 0.306 e. The molecule has 0 fully saturated rings. The number of rotatable bonds is 4. The van der Waals surface area contributed by atoms with Crippen LogP contribution in [0.4, 0.5) is 0 Å². The molecule has 16 heavy (non-hydrogen) atoms. The van der Waals surface area contributed by atoms with Crippen LogP contribution in [0.1, 0.15) is 18.1 Å². The highest BCUT2D eigenvalue weighted by molar-refractivity contribution is 7.90. The summed E-state index contributed by atoms with van der Waals surface area (Å²) in [5, 5.41) is 18.0. The molecular weight excluding hydrogens is 232 g/mol. The summed E-state index contributed by atoms with van der Waals surface area (Å²) in [6, 6.07) is 5.63. The predicted octanol–water partition coefficient (Wildman–Crippen LogP) is 0.598. The van der Waals surface area contributed by atoms with E-state index in [0.29, 0.717) is 0 Å². The highest BCUT2D eigenvalue weighted by Gasteiger charge is 2.14. The van der Waals surface area contributed by atoms with Crippen molar-refractivity contribution in [3.63, 3.8) is 0 Å². The molecule has 0 aliphatic rings. The van der Waals surface area contributed by atoms with Crippen molar-refractivity contribution in [2.24, 2.45) is 0 Å². The van der Waals surface area contributed by atoms with Gasteiger partial charge >= 0.3 is 5.97 Å². The lowest BCUT2D eigenvalue weighted by molar-refractivity contribution is -0.139. The molecule has 0 saturated carbocycles. The van der Waals surface area contributed by atoms with Gasteiger partial charge < -0.3 is 10.2 Å². The Kier molecular flexibility index (Phi) is 3.66. The second-order valence-electron chi connectivity index (χ2n) is 3.46. The number of carbonyl (C=O) groups is 1. The Morgan fingerprint density at radius 1 is 1.44 bits per heavy atom. The molecule has 1 aromatic rings. The maximum atomic E-state index is 11.2. The predicted molar refractivity (Wildman–Crippen MR) is 56.8 cm³/mol. The average Bonchev–Trinajstić information content (AvgIpc) is 2.15. The van der Waals surface area contributed by atoms with Crippen LogP contribution in [0.5, 0.6) is 0 Å². The molecule has 0 radical (unpaired) electrons. The number of aliphatic hydroxyl groups excluding tert-OH is 1. The van der Waals surface area contributed by atoms with Gasteiger partial charge in [0.15, 0.2) is 9.84 Å². The third kappa shape index (κ3) is 3.32. The van der Waals surface area contributed by atoms with E-state index in [0.717, 1.165) is 6.26 Å². The fourth-order valence-electron chi connectivity index (χ4n) is 1.24. The summed E-state index contributed by atoms with van der Waals surface area (Å²) in [4.78, 5) is 10.5. The van der Waals surface area contributed by atoms with E-state index in [4.69, 9.17) is 5.11 Å². The van der Waals surface area contributed by atoms with Gasteiger partial charge in [-0.05, 0) is 17.7 Å². The molecule has 0 aliphatic heterocycles. The van der Waals surface area contributed by atoms with Crippen molar-refractivity contribution in [2.45, 2.75) is 17.4 Å². The molecule has 5 nitrogen and oxygen atoms in total. The second kappa shape index (κ2) is 4.63. The standard InChI is InChI=1S/C10H12O5S/c1-16(14,15)8-4-2-3-7(5-8)9(11)6-10(12)13/h2-5,9,11H,6H2,1H3,(H,12,13). The summed E-state index contributed by atoms with van der Waals surface area (Å²) in [6.07, 6.45) is -0.595. The van der Waals surface area contributed by atoms with Gasteiger partial charge in [-0.3, -0.25) is 4.79 Å². The lowest BCUT2D eigenvalue weighted by Crippen LogP contribution is -2.06. The van der Waals surface area contributed by atoms with Crippen molar-refractivity contribution in [3.8, 4) is 0 Å². The largest absolute Gasteiger partial charge is 0.481 e. The SMILES string of the molecule is CS(=O)(=O)c1cccc(C(O)CC(=O)O)c1. The number of carboxylic acid groups (broad SMARTS) is 1. The molecule has 88 valence electrons. The third-order valence-electron chi connectivity index (χ3n) is 2.04. The molecule has 1 unspecified atom stereocenters. The minimum Gasteiger partial charge on any atom is -0.481 e. The zero-order chi connectivity index (χ0) is 12.3. The molecule has 0 spiro atoms. The first kappa shape index (κ1) is 12.7. The van der Waals surface area contributed by atoms with Crippen LogP contribution >= 0.6 is 0 Å². The molecular formula is C10H12O5S. The first-order chi connectivity index (χ1) is 7.30. The lowest BCUT2D eigenvalue weighted by Gasteiger charge is -2.09. The highest BCUT2D eigenvalue weighted by atomic mass is 32.2. The van der Waals surface area contributed by atoms with E-state index in [1.165, 1.54) is 24.3 Å². The third-order valence-corrected chi connectivity index (χ3v) is 3.15. The molecule has 0 bridgehead atoms. The zero-order valence-electron chi connectivity index (χ0n) is 8.62. The van der Waals surface area contributed by atoms with Gasteiger partial charge in [-0.2, -0.15) is 0 Å². The van der Waals surface area contributed by atoms with Crippen molar-refractivity contribution < 1.29 is 23.4 Å². The molecule has 0 heterocycles. The Labute approximate surface area is 93.3 Å². The molecule has 2 N–H and O–H groups in total. The second-order valence-corrected chi connectivity index (χ2v) is 5.47. The van der Waals surface area contributed by atoms with E-state index in [-0.39, 0.29) is 10.5 Å². The van der Waals surface area contributed by atoms with Crippen LogP contribution in [0.3, 0.4) is 0 Å². The number of aliphatic hydroxyl groups is 1. The number of hydrogen-bond donors (Lipinski definition) is 2. The van der Waals surface area contributed by atoms with Crippen molar-refractivity contribution >= 4 is 15.8 Å². The lowest BCUT2D eigenvalue weighted by atomic mass is 10.1. The van der Waals surface area contributed by atoms with Crippen molar-refractivity contribution in [2.75, 3.05) is 6.26 Å². The molecule has 1 aromatic carbocycles. The summed E-state index contributed by atoms with van der Waals surface area (Å²) >= 11 is 0. The minimum absolute atomic E-state index is 0.0643. The smallest absolute Gasteiger partial charge is 0.306 e. The zero-order valence-corrected chi connectivity index (χ0v) is 9.44. The van der Waals surface area contributed by atoms with Crippen LogP contribution in [-0.4, -0.2) is 30.9 Å². The van der Waals surface area contributed by atoms with Crippen LogP contribution in [0.2, 0.25) is 0 Å². The van der Waals surface area contributed by atoms with Gasteiger partial charge in [0, 0.05) is 6.26 Å². The van der Waals surface area contributed by atoms with Gasteiger partial charge in [0.1, 0.15) is 0 Å². The van der Waals surface area contributed by atoms with E-state index < -0.39 is 28.3 Å². The van der Waals surface area contributed by atoms with Gasteiger partial charge in [0.2, 0.25) is 0 Å². The molecule has 1 rings (SSSR count). The average molecular weight is 244 g/mol. The topological polar surface area (TPSA) is 91.7 Å². The Morgan fingerprint density at radius 3 is 2.56 bits per heavy atom. The Morgan fingerprint density at radius 2 is 2.06 bits per heavy atom. The summed E-state index contributed by atoms with van der Waals surface area (Å²) in [6.45, 7) is 0. The first-order valence-electron chi connectivity index (χ1n) is 4.50. The number of benzene rings is 1. The van der Waals surface area contributed by atoms with Gasteiger partial charge in [-0.1, -0.05) is 12.1 Å². The van der Waals surface area contributed by atoms with E-state index in [1.807, 2.05) is 0 Å².